The molecule has 0 aromatic heterocycles. The van der Waals surface area contributed by atoms with Crippen molar-refractivity contribution in [1.29, 1.82) is 0 Å². The maximum atomic E-state index is 12.3. The Hall–Kier alpha value is -1.27. The van der Waals surface area contributed by atoms with Crippen LogP contribution in [0.3, 0.4) is 0 Å². The molecule has 0 radical (unpaired) electrons. The highest BCUT2D eigenvalue weighted by atomic mass is 33.1. The van der Waals surface area contributed by atoms with Crippen LogP contribution in [-0.4, -0.2) is 34.2 Å². The number of nitrogens with zero attached hydrogens (tertiary/aromatic N) is 3. The molecule has 21 heavy (non-hydrogen) atoms. The van der Waals surface area contributed by atoms with Crippen LogP contribution in [0.4, 0.5) is 0 Å². The Morgan fingerprint density at radius 1 is 1.24 bits per heavy atom. The van der Waals surface area contributed by atoms with Crippen molar-refractivity contribution in [3.05, 3.63) is 35.4 Å². The molecule has 110 valence electrons. The second-order valence-corrected chi connectivity index (χ2v) is 8.07. The van der Waals surface area contributed by atoms with Crippen molar-refractivity contribution < 1.29 is 4.79 Å². The first-order chi connectivity index (χ1) is 9.95. The van der Waals surface area contributed by atoms with E-state index >= 15 is 0 Å². The Morgan fingerprint density at radius 3 is 2.62 bits per heavy atom. The molecule has 0 unspecified atom stereocenters. The monoisotopic (exact) mass is 319 g/mol. The van der Waals surface area contributed by atoms with Crippen molar-refractivity contribution >= 4 is 37.8 Å². The molecule has 0 bridgehead atoms. The predicted octanol–water partition coefficient (Wildman–Crippen LogP) is 3.55. The van der Waals surface area contributed by atoms with Crippen molar-refractivity contribution in [2.75, 3.05) is 13.1 Å². The minimum Gasteiger partial charge on any atom is -0.297 e. The largest absolute Gasteiger partial charge is 0.297 e. The number of amides is 1. The molecule has 3 rings (SSSR count). The van der Waals surface area contributed by atoms with Gasteiger partial charge < -0.3 is 0 Å². The fraction of sp³-hybridized carbons (Fsp3) is 0.400. The first kappa shape index (κ1) is 14.7. The lowest BCUT2D eigenvalue weighted by Crippen LogP contribution is -2.26. The number of aliphatic imine (C=N–C) groups is 2. The maximum Gasteiger partial charge on any atom is 0.279 e. The highest BCUT2D eigenvalue weighted by Gasteiger charge is 2.31. The fourth-order valence-corrected chi connectivity index (χ4v) is 4.40. The average molecular weight is 319 g/mol. The van der Waals surface area contributed by atoms with E-state index in [-0.39, 0.29) is 11.3 Å². The predicted molar refractivity (Wildman–Crippen MR) is 91.1 cm³/mol. The lowest BCUT2D eigenvalue weighted by atomic mass is 9.87. The number of hydrogen-bond donors (Lipinski definition) is 0. The molecule has 2 aliphatic heterocycles. The average Bonchev–Trinajstić information content (AvgIpc) is 3.03. The quantitative estimate of drug-likeness (QED) is 0.743. The number of amidine groups is 2. The molecule has 6 heteroatoms. The van der Waals surface area contributed by atoms with E-state index in [0.717, 1.165) is 23.4 Å². The summed E-state index contributed by atoms with van der Waals surface area (Å²) in [4.78, 5) is 22.9. The third kappa shape index (κ3) is 3.01. The van der Waals surface area contributed by atoms with Gasteiger partial charge in [0, 0.05) is 12.1 Å². The van der Waals surface area contributed by atoms with Crippen LogP contribution >= 0.6 is 21.6 Å². The van der Waals surface area contributed by atoms with Gasteiger partial charge in [-0.05, 0) is 44.7 Å². The molecule has 0 saturated carbocycles. The molecule has 0 aliphatic carbocycles. The highest BCUT2D eigenvalue weighted by molar-refractivity contribution is 8.88. The molecule has 1 fully saturated rings. The summed E-state index contributed by atoms with van der Waals surface area (Å²) in [7, 11) is 3.08. The van der Waals surface area contributed by atoms with Gasteiger partial charge in [-0.2, -0.15) is 4.99 Å². The van der Waals surface area contributed by atoms with Crippen molar-refractivity contribution in [2.45, 2.75) is 26.2 Å². The summed E-state index contributed by atoms with van der Waals surface area (Å²) in [5.74, 6) is -0.188. The van der Waals surface area contributed by atoms with E-state index in [9.17, 15) is 4.79 Å². The molecule has 4 nitrogen and oxygen atoms in total. The number of fused-ring (bicyclic) bond motifs is 1. The molecule has 0 N–H and O–H groups in total. The van der Waals surface area contributed by atoms with Gasteiger partial charge in [0.25, 0.3) is 5.91 Å². The number of hydrogen-bond acceptors (Lipinski definition) is 4. The van der Waals surface area contributed by atoms with Gasteiger partial charge in [0.1, 0.15) is 0 Å². The maximum absolute atomic E-state index is 12.3. The fourth-order valence-electron chi connectivity index (χ4n) is 2.14. The third-order valence-corrected chi connectivity index (χ3v) is 5.61. The zero-order chi connectivity index (χ0) is 15.0. The van der Waals surface area contributed by atoms with Crippen molar-refractivity contribution in [3.8, 4) is 0 Å². The van der Waals surface area contributed by atoms with E-state index in [1.165, 1.54) is 16.4 Å². The minimum absolute atomic E-state index is 0.0896. The van der Waals surface area contributed by atoms with Gasteiger partial charge in [-0.25, -0.2) is 0 Å². The van der Waals surface area contributed by atoms with Crippen molar-refractivity contribution in [2.24, 2.45) is 9.98 Å². The Labute approximate surface area is 132 Å². The van der Waals surface area contributed by atoms with Gasteiger partial charge in [-0.3, -0.25) is 14.7 Å². The molecule has 0 spiro atoms. The standard InChI is InChI=1S/C15H17N3OS2/c1-15(2,3)11-6-4-10(5-7-11)12(19)17-14-18-9-8-16-13(18)20-21-14/h4-7H,8-9H2,1-3H3. The summed E-state index contributed by atoms with van der Waals surface area (Å²) in [6.07, 6.45) is 0. The van der Waals surface area contributed by atoms with E-state index in [4.69, 9.17) is 0 Å². The SMILES string of the molecule is CC(C)(C)c1ccc(C(=O)N=C2SSC3=NCCN32)cc1. The lowest BCUT2D eigenvalue weighted by Gasteiger charge is -2.18. The van der Waals surface area contributed by atoms with Crippen molar-refractivity contribution in [1.82, 2.24) is 4.90 Å². The van der Waals surface area contributed by atoms with E-state index in [2.05, 4.69) is 30.8 Å². The lowest BCUT2D eigenvalue weighted by molar-refractivity contribution is 0.100. The van der Waals surface area contributed by atoms with Crippen LogP contribution in [-0.2, 0) is 5.41 Å². The summed E-state index contributed by atoms with van der Waals surface area (Å²) in [5, 5.41) is 1.72. The second-order valence-electron chi connectivity index (χ2n) is 6.01. The Bertz CT molecular complexity index is 629. The molecular formula is C15H17N3OS2. The molecule has 1 aromatic carbocycles. The van der Waals surface area contributed by atoms with Crippen molar-refractivity contribution in [3.63, 3.8) is 0 Å². The summed E-state index contributed by atoms with van der Waals surface area (Å²) < 4.78 is 0. The van der Waals surface area contributed by atoms with Crippen LogP contribution in [0.2, 0.25) is 0 Å². The van der Waals surface area contributed by atoms with Crippen LogP contribution in [0.25, 0.3) is 0 Å². The van der Waals surface area contributed by atoms with Gasteiger partial charge in [0.15, 0.2) is 10.3 Å². The zero-order valence-electron chi connectivity index (χ0n) is 12.3. The Morgan fingerprint density at radius 2 is 1.95 bits per heavy atom. The molecule has 1 amide bonds. The number of carbonyl (C=O) groups excluding carboxylic acids is 1. The normalized spacial score (nSPS) is 19.9. The summed E-state index contributed by atoms with van der Waals surface area (Å²) in [6, 6.07) is 7.73. The highest BCUT2D eigenvalue weighted by Crippen LogP contribution is 2.38. The molecule has 2 heterocycles. The van der Waals surface area contributed by atoms with E-state index in [0.29, 0.717) is 5.56 Å². The van der Waals surface area contributed by atoms with E-state index in [1.54, 1.807) is 10.8 Å². The second kappa shape index (κ2) is 5.50. The van der Waals surface area contributed by atoms with Gasteiger partial charge in [-0.15, -0.1) is 0 Å². The van der Waals surface area contributed by atoms with Gasteiger partial charge >= 0.3 is 0 Å². The zero-order valence-corrected chi connectivity index (χ0v) is 13.9. The van der Waals surface area contributed by atoms with Crippen LogP contribution in [0.15, 0.2) is 34.3 Å². The first-order valence-electron chi connectivity index (χ1n) is 6.85. The molecular weight excluding hydrogens is 302 g/mol. The van der Waals surface area contributed by atoms with Crippen LogP contribution in [0.1, 0.15) is 36.7 Å². The summed E-state index contributed by atoms with van der Waals surface area (Å²) in [6.45, 7) is 8.08. The van der Waals surface area contributed by atoms with Crippen LogP contribution in [0.5, 0.6) is 0 Å². The first-order valence-corrected chi connectivity index (χ1v) is 9.00. The molecule has 1 aromatic rings. The van der Waals surface area contributed by atoms with Gasteiger partial charge in [0.2, 0.25) is 0 Å². The van der Waals surface area contributed by atoms with E-state index < -0.39 is 0 Å². The molecule has 1 saturated heterocycles. The summed E-state index contributed by atoms with van der Waals surface area (Å²) >= 11 is 0. The van der Waals surface area contributed by atoms with E-state index in [1.807, 2.05) is 29.2 Å². The Balaban J connectivity index is 1.78. The van der Waals surface area contributed by atoms with Gasteiger partial charge in [-0.1, -0.05) is 32.9 Å². The Kier molecular flexibility index (Phi) is 3.84. The minimum atomic E-state index is -0.188. The molecule has 0 atom stereocenters. The number of carbonyl (C=O) groups is 1. The topological polar surface area (TPSA) is 45.0 Å². The van der Waals surface area contributed by atoms with Crippen LogP contribution < -0.4 is 0 Å². The molecule has 2 aliphatic rings. The van der Waals surface area contributed by atoms with Crippen LogP contribution in [0, 0.1) is 0 Å². The smallest absolute Gasteiger partial charge is 0.279 e. The number of benzene rings is 1. The third-order valence-electron chi connectivity index (χ3n) is 3.42. The van der Waals surface area contributed by atoms with Gasteiger partial charge in [0.05, 0.1) is 6.54 Å². The summed E-state index contributed by atoms with van der Waals surface area (Å²) in [5.41, 5.74) is 1.93. The number of rotatable bonds is 1.